The van der Waals surface area contributed by atoms with Gasteiger partial charge >= 0.3 is 0 Å². The molecule has 1 aliphatic rings. The van der Waals surface area contributed by atoms with Crippen molar-refractivity contribution < 1.29 is 22.7 Å². The van der Waals surface area contributed by atoms with Crippen molar-refractivity contribution in [1.29, 1.82) is 0 Å². The van der Waals surface area contributed by atoms with Crippen molar-refractivity contribution in [3.05, 3.63) is 84.2 Å². The van der Waals surface area contributed by atoms with Gasteiger partial charge in [0.05, 0.1) is 31.5 Å². The van der Waals surface area contributed by atoms with Gasteiger partial charge < -0.3 is 9.47 Å². The minimum atomic E-state index is -4.24. The van der Waals surface area contributed by atoms with Crippen LogP contribution >= 0.6 is 0 Å². The molecule has 2 aromatic heterocycles. The van der Waals surface area contributed by atoms with Crippen LogP contribution in [0.25, 0.3) is 22.2 Å². The van der Waals surface area contributed by atoms with Crippen molar-refractivity contribution >= 4 is 26.8 Å². The van der Waals surface area contributed by atoms with Crippen LogP contribution in [-0.4, -0.2) is 44.6 Å². The van der Waals surface area contributed by atoms with Crippen LogP contribution in [0.15, 0.2) is 77.8 Å². The van der Waals surface area contributed by atoms with E-state index >= 15 is 0 Å². The minimum Gasteiger partial charge on any atom is -0.495 e. The van der Waals surface area contributed by atoms with Gasteiger partial charge in [0.15, 0.2) is 0 Å². The molecule has 0 unspecified atom stereocenters. The lowest BCUT2D eigenvalue weighted by Crippen LogP contribution is -2.44. The first-order valence-corrected chi connectivity index (χ1v) is 12.4. The van der Waals surface area contributed by atoms with Gasteiger partial charge in [0.2, 0.25) is 0 Å². The Bertz CT molecular complexity index is 1530. The molecule has 1 aliphatic heterocycles. The molecule has 8 nitrogen and oxygen atoms in total. The predicted molar refractivity (Wildman–Crippen MR) is 131 cm³/mol. The number of benzene rings is 2. The van der Waals surface area contributed by atoms with E-state index in [2.05, 4.69) is 14.7 Å². The Kier molecular flexibility index (Phi) is 5.74. The van der Waals surface area contributed by atoms with Crippen LogP contribution < -0.4 is 9.46 Å². The van der Waals surface area contributed by atoms with Gasteiger partial charge in [0.25, 0.3) is 15.9 Å². The molecule has 0 atom stereocenters. The monoisotopic (exact) mass is 489 g/mol. The molecule has 0 radical (unpaired) electrons. The fourth-order valence-corrected chi connectivity index (χ4v) is 5.25. The van der Waals surface area contributed by atoms with E-state index in [1.165, 1.54) is 19.2 Å². The van der Waals surface area contributed by atoms with E-state index in [0.717, 1.165) is 22.2 Å². The molecule has 0 spiro atoms. The van der Waals surface area contributed by atoms with Crippen LogP contribution in [0.2, 0.25) is 0 Å². The largest absolute Gasteiger partial charge is 0.495 e. The number of fused-ring (bicyclic) bond motifs is 1. The zero-order chi connectivity index (χ0) is 24.6. The van der Waals surface area contributed by atoms with Crippen LogP contribution in [0.3, 0.4) is 0 Å². The molecular weight excluding hydrogens is 466 g/mol. The van der Waals surface area contributed by atoms with Crippen LogP contribution in [0.1, 0.15) is 23.0 Å². The Morgan fingerprint density at radius 1 is 1.06 bits per heavy atom. The standard InChI is InChI=1S/C26H23N3O5S/c1-26(15-34-16-26)17-9-12-23(33-2)24(14-17)35(31,32)29-25(30)22-11-10-19-18(6-5-8-21(19)28-22)20-7-3-4-13-27-20/h3-14H,15-16H2,1-2H3,(H,29,30). The summed E-state index contributed by atoms with van der Waals surface area (Å²) >= 11 is 0. The van der Waals surface area contributed by atoms with Crippen molar-refractivity contribution in [1.82, 2.24) is 14.7 Å². The second-order valence-corrected chi connectivity index (χ2v) is 10.3. The smallest absolute Gasteiger partial charge is 0.283 e. The van der Waals surface area contributed by atoms with Crippen molar-refractivity contribution in [3.63, 3.8) is 0 Å². The number of amides is 1. The van der Waals surface area contributed by atoms with E-state index in [0.29, 0.717) is 18.7 Å². The molecule has 1 amide bonds. The molecule has 35 heavy (non-hydrogen) atoms. The summed E-state index contributed by atoms with van der Waals surface area (Å²) in [5.41, 5.74) is 2.68. The van der Waals surface area contributed by atoms with Gasteiger partial charge in [-0.1, -0.05) is 31.2 Å². The number of aromatic nitrogens is 2. The second-order valence-electron chi connectivity index (χ2n) is 8.64. The van der Waals surface area contributed by atoms with Gasteiger partial charge in [-0.15, -0.1) is 0 Å². The highest BCUT2D eigenvalue weighted by Gasteiger charge is 2.37. The van der Waals surface area contributed by atoms with E-state index in [4.69, 9.17) is 9.47 Å². The molecule has 0 bridgehead atoms. The van der Waals surface area contributed by atoms with Gasteiger partial charge in [0.1, 0.15) is 16.3 Å². The lowest BCUT2D eigenvalue weighted by molar-refractivity contribution is -0.0501. The van der Waals surface area contributed by atoms with Gasteiger partial charge in [-0.3, -0.25) is 9.78 Å². The number of nitrogens with zero attached hydrogens (tertiary/aromatic N) is 2. The molecule has 9 heteroatoms. The average molecular weight is 490 g/mol. The summed E-state index contributed by atoms with van der Waals surface area (Å²) in [5, 5.41) is 0.802. The Morgan fingerprint density at radius 2 is 1.89 bits per heavy atom. The van der Waals surface area contributed by atoms with Crippen LogP contribution in [0, 0.1) is 0 Å². The van der Waals surface area contributed by atoms with Crippen molar-refractivity contribution in [2.45, 2.75) is 17.2 Å². The lowest BCUT2D eigenvalue weighted by Gasteiger charge is -2.38. The molecule has 1 saturated heterocycles. The Hall–Kier alpha value is -3.82. The number of hydrogen-bond acceptors (Lipinski definition) is 7. The number of pyridine rings is 2. The number of carbonyl (C=O) groups excluding carboxylic acids is 1. The zero-order valence-electron chi connectivity index (χ0n) is 19.2. The number of nitrogens with one attached hydrogen (secondary N) is 1. The number of ether oxygens (including phenoxy) is 2. The van der Waals surface area contributed by atoms with Crippen LogP contribution in [0.4, 0.5) is 0 Å². The topological polar surface area (TPSA) is 107 Å². The highest BCUT2D eigenvalue weighted by atomic mass is 32.2. The number of hydrogen-bond donors (Lipinski definition) is 1. The summed E-state index contributed by atoms with van der Waals surface area (Å²) in [4.78, 5) is 21.6. The summed E-state index contributed by atoms with van der Waals surface area (Å²) < 4.78 is 39.1. The van der Waals surface area contributed by atoms with Gasteiger partial charge in [-0.05, 0) is 48.0 Å². The van der Waals surface area contributed by atoms with Gasteiger partial charge in [-0.25, -0.2) is 18.1 Å². The molecule has 4 aromatic rings. The van der Waals surface area contributed by atoms with E-state index in [1.807, 2.05) is 43.3 Å². The summed E-state index contributed by atoms with van der Waals surface area (Å²) in [6.45, 7) is 2.98. The number of rotatable bonds is 6. The molecule has 0 aliphatic carbocycles. The van der Waals surface area contributed by atoms with E-state index in [1.54, 1.807) is 24.4 Å². The van der Waals surface area contributed by atoms with Crippen molar-refractivity contribution in [2.24, 2.45) is 0 Å². The molecule has 1 N–H and O–H groups in total. The Morgan fingerprint density at radius 3 is 2.57 bits per heavy atom. The summed E-state index contributed by atoms with van der Waals surface area (Å²) in [5.74, 6) is -0.690. The normalized spacial score (nSPS) is 14.8. The minimum absolute atomic E-state index is 0.0197. The molecule has 2 aromatic carbocycles. The fraction of sp³-hybridized carbons (Fsp3) is 0.192. The SMILES string of the molecule is COc1ccc(C2(C)COC2)cc1S(=O)(=O)NC(=O)c1ccc2c(-c3ccccn3)cccc2n1. The van der Waals surface area contributed by atoms with Crippen LogP contribution in [-0.2, 0) is 20.2 Å². The lowest BCUT2D eigenvalue weighted by atomic mass is 9.81. The molecule has 5 rings (SSSR count). The summed E-state index contributed by atoms with van der Waals surface area (Å²) in [6, 6.07) is 19.3. The van der Waals surface area contributed by atoms with Crippen molar-refractivity contribution in [3.8, 4) is 17.0 Å². The van der Waals surface area contributed by atoms with Crippen LogP contribution in [0.5, 0.6) is 5.75 Å². The van der Waals surface area contributed by atoms with E-state index in [9.17, 15) is 13.2 Å². The fourth-order valence-electron chi connectivity index (χ4n) is 4.09. The maximum atomic E-state index is 13.2. The average Bonchev–Trinajstić information content (AvgIpc) is 2.86. The second kappa shape index (κ2) is 8.75. The van der Waals surface area contributed by atoms with Gasteiger partial charge in [0, 0.05) is 22.6 Å². The molecule has 3 heterocycles. The summed E-state index contributed by atoms with van der Waals surface area (Å²) in [7, 11) is -2.85. The number of carbonyl (C=O) groups is 1. The Labute approximate surface area is 203 Å². The third-order valence-corrected chi connectivity index (χ3v) is 7.48. The summed E-state index contributed by atoms with van der Waals surface area (Å²) in [6.07, 6.45) is 1.70. The van der Waals surface area contributed by atoms with E-state index < -0.39 is 15.9 Å². The predicted octanol–water partition coefficient (Wildman–Crippen LogP) is 3.71. The highest BCUT2D eigenvalue weighted by molar-refractivity contribution is 7.90. The number of sulfonamides is 1. The van der Waals surface area contributed by atoms with Crippen molar-refractivity contribution in [2.75, 3.05) is 20.3 Å². The molecule has 178 valence electrons. The highest BCUT2D eigenvalue weighted by Crippen LogP contribution is 2.36. The first-order valence-electron chi connectivity index (χ1n) is 11.0. The number of methoxy groups -OCH3 is 1. The first kappa shape index (κ1) is 22.9. The first-order chi connectivity index (χ1) is 16.8. The quantitative estimate of drug-likeness (QED) is 0.440. The molecule has 1 fully saturated rings. The molecular formula is C26H23N3O5S. The maximum absolute atomic E-state index is 13.2. The zero-order valence-corrected chi connectivity index (χ0v) is 20.0. The third-order valence-electron chi connectivity index (χ3n) is 6.12. The third kappa shape index (κ3) is 4.24. The Balaban J connectivity index is 1.46. The molecule has 0 saturated carbocycles. The van der Waals surface area contributed by atoms with Gasteiger partial charge in [-0.2, -0.15) is 0 Å². The van der Waals surface area contributed by atoms with E-state index in [-0.39, 0.29) is 21.8 Å². The maximum Gasteiger partial charge on any atom is 0.283 e.